The molecular weight excluding hydrogens is 388 g/mol. The molecule has 1 fully saturated rings. The molecule has 160 valence electrons. The fourth-order valence-electron chi connectivity index (χ4n) is 3.95. The molecule has 1 saturated heterocycles. The summed E-state index contributed by atoms with van der Waals surface area (Å²) in [6.07, 6.45) is 1.40. The Morgan fingerprint density at radius 1 is 0.968 bits per heavy atom. The Kier molecular flexibility index (Phi) is 6.85. The monoisotopic (exact) mass is 416 g/mol. The zero-order valence-electron chi connectivity index (χ0n) is 17.8. The fourth-order valence-corrected chi connectivity index (χ4v) is 3.95. The molecule has 31 heavy (non-hydrogen) atoms. The Labute approximate surface area is 183 Å². The van der Waals surface area contributed by atoms with Crippen LogP contribution in [0.1, 0.15) is 17.5 Å². The zero-order chi connectivity index (χ0) is 21.5. The molecule has 1 heterocycles. The van der Waals surface area contributed by atoms with Crippen LogP contribution in [0.5, 0.6) is 17.2 Å². The van der Waals surface area contributed by atoms with E-state index in [9.17, 15) is 4.79 Å². The number of likely N-dealkylation sites (tertiary alicyclic amines) is 1. The van der Waals surface area contributed by atoms with E-state index in [0.29, 0.717) is 17.9 Å². The Morgan fingerprint density at radius 2 is 1.71 bits per heavy atom. The predicted molar refractivity (Wildman–Crippen MR) is 121 cm³/mol. The van der Waals surface area contributed by atoms with Crippen molar-refractivity contribution in [1.82, 2.24) is 10.2 Å². The first-order valence-corrected chi connectivity index (χ1v) is 10.6. The van der Waals surface area contributed by atoms with Gasteiger partial charge in [0.1, 0.15) is 5.75 Å². The molecule has 3 aromatic rings. The first-order chi connectivity index (χ1) is 15.2. The smallest absolute Gasteiger partial charge is 0.224 e. The van der Waals surface area contributed by atoms with Gasteiger partial charge in [0.15, 0.2) is 11.5 Å². The van der Waals surface area contributed by atoms with Crippen molar-refractivity contribution in [1.29, 1.82) is 0 Å². The number of nitrogens with one attached hydrogen (secondary N) is 1. The van der Waals surface area contributed by atoms with Gasteiger partial charge in [0.05, 0.1) is 13.5 Å². The average Bonchev–Trinajstić information content (AvgIpc) is 3.21. The van der Waals surface area contributed by atoms with Gasteiger partial charge in [-0.05, 0) is 41.8 Å². The average molecular weight is 417 g/mol. The minimum Gasteiger partial charge on any atom is -0.493 e. The van der Waals surface area contributed by atoms with E-state index in [4.69, 9.17) is 9.47 Å². The molecule has 5 nitrogen and oxygen atoms in total. The molecule has 0 bridgehead atoms. The van der Waals surface area contributed by atoms with Crippen molar-refractivity contribution in [2.45, 2.75) is 25.4 Å². The predicted octanol–water partition coefficient (Wildman–Crippen LogP) is 4.42. The molecule has 1 N–H and O–H groups in total. The van der Waals surface area contributed by atoms with Gasteiger partial charge < -0.3 is 14.8 Å². The highest BCUT2D eigenvalue weighted by molar-refractivity contribution is 5.78. The van der Waals surface area contributed by atoms with Gasteiger partial charge in [-0.2, -0.15) is 0 Å². The van der Waals surface area contributed by atoms with Crippen LogP contribution in [0.15, 0.2) is 78.9 Å². The summed E-state index contributed by atoms with van der Waals surface area (Å²) in [5.41, 5.74) is 2.23. The summed E-state index contributed by atoms with van der Waals surface area (Å²) in [7, 11) is 1.64. The lowest BCUT2D eigenvalue weighted by Crippen LogP contribution is -2.37. The third-order valence-corrected chi connectivity index (χ3v) is 5.45. The molecule has 0 spiro atoms. The lowest BCUT2D eigenvalue weighted by atomic mass is 10.1. The molecule has 0 aromatic heterocycles. The van der Waals surface area contributed by atoms with Crippen molar-refractivity contribution >= 4 is 5.91 Å². The first-order valence-electron chi connectivity index (χ1n) is 10.6. The molecular formula is C26H28N2O3. The number of para-hydroxylation sites is 2. The highest BCUT2D eigenvalue weighted by Crippen LogP contribution is 2.31. The van der Waals surface area contributed by atoms with Crippen LogP contribution in [-0.4, -0.2) is 37.0 Å². The standard InChI is InChI=1S/C26H28N2O3/c1-30-24-12-5-6-13-25(24)31-23-11-7-10-21(16-23)18-28-15-14-22(19-28)27-26(29)17-20-8-3-2-4-9-20/h2-13,16,22H,14-15,17-19H2,1H3,(H,27,29). The molecule has 3 aromatic carbocycles. The maximum atomic E-state index is 12.3. The quantitative estimate of drug-likeness (QED) is 0.591. The molecule has 0 saturated carbocycles. The van der Waals surface area contributed by atoms with Crippen LogP contribution in [0.25, 0.3) is 0 Å². The minimum absolute atomic E-state index is 0.0882. The number of carbonyl (C=O) groups is 1. The molecule has 1 unspecified atom stereocenters. The Bertz CT molecular complexity index is 1010. The number of nitrogens with zero attached hydrogens (tertiary/aromatic N) is 1. The van der Waals surface area contributed by atoms with Gasteiger partial charge in [0.2, 0.25) is 5.91 Å². The summed E-state index contributed by atoms with van der Waals surface area (Å²) in [6, 6.07) is 25.8. The minimum atomic E-state index is 0.0882. The van der Waals surface area contributed by atoms with Crippen LogP contribution in [0.4, 0.5) is 0 Å². The Hall–Kier alpha value is -3.31. The van der Waals surface area contributed by atoms with Gasteiger partial charge in [0, 0.05) is 25.7 Å². The van der Waals surface area contributed by atoms with Crippen molar-refractivity contribution in [3.05, 3.63) is 90.0 Å². The normalized spacial score (nSPS) is 16.1. The van der Waals surface area contributed by atoms with Crippen LogP contribution in [0.3, 0.4) is 0 Å². The number of hydrogen-bond acceptors (Lipinski definition) is 4. The van der Waals surface area contributed by atoms with E-state index in [1.54, 1.807) is 7.11 Å². The van der Waals surface area contributed by atoms with E-state index in [2.05, 4.69) is 22.3 Å². The highest BCUT2D eigenvalue weighted by atomic mass is 16.5. The van der Waals surface area contributed by atoms with E-state index in [-0.39, 0.29) is 11.9 Å². The van der Waals surface area contributed by atoms with Crippen molar-refractivity contribution in [2.75, 3.05) is 20.2 Å². The zero-order valence-corrected chi connectivity index (χ0v) is 17.8. The van der Waals surface area contributed by atoms with E-state index >= 15 is 0 Å². The van der Waals surface area contributed by atoms with Crippen LogP contribution in [0.2, 0.25) is 0 Å². The maximum absolute atomic E-state index is 12.3. The van der Waals surface area contributed by atoms with Gasteiger partial charge in [-0.3, -0.25) is 9.69 Å². The first kappa shape index (κ1) is 20.9. The number of amides is 1. The second kappa shape index (κ2) is 10.1. The molecule has 1 atom stereocenters. The number of ether oxygens (including phenoxy) is 2. The van der Waals surface area contributed by atoms with E-state index in [1.165, 1.54) is 5.56 Å². The van der Waals surface area contributed by atoms with Gasteiger partial charge in [-0.1, -0.05) is 54.6 Å². The Balaban J connectivity index is 1.30. The fraction of sp³-hybridized carbons (Fsp3) is 0.269. The van der Waals surface area contributed by atoms with Crippen LogP contribution < -0.4 is 14.8 Å². The molecule has 0 radical (unpaired) electrons. The topological polar surface area (TPSA) is 50.8 Å². The number of hydrogen-bond donors (Lipinski definition) is 1. The van der Waals surface area contributed by atoms with E-state index < -0.39 is 0 Å². The van der Waals surface area contributed by atoms with Crippen molar-refractivity contribution < 1.29 is 14.3 Å². The summed E-state index contributed by atoms with van der Waals surface area (Å²) in [5.74, 6) is 2.28. The Morgan fingerprint density at radius 3 is 2.52 bits per heavy atom. The second-order valence-corrected chi connectivity index (χ2v) is 7.85. The van der Waals surface area contributed by atoms with Gasteiger partial charge in [-0.15, -0.1) is 0 Å². The van der Waals surface area contributed by atoms with E-state index in [0.717, 1.165) is 37.4 Å². The molecule has 1 aliphatic heterocycles. The highest BCUT2D eigenvalue weighted by Gasteiger charge is 2.24. The molecule has 1 aliphatic rings. The lowest BCUT2D eigenvalue weighted by Gasteiger charge is -2.17. The van der Waals surface area contributed by atoms with Crippen LogP contribution >= 0.6 is 0 Å². The third-order valence-electron chi connectivity index (χ3n) is 5.45. The summed E-state index contributed by atoms with van der Waals surface area (Å²) < 4.78 is 11.4. The van der Waals surface area contributed by atoms with Crippen molar-refractivity contribution in [2.24, 2.45) is 0 Å². The molecule has 5 heteroatoms. The second-order valence-electron chi connectivity index (χ2n) is 7.85. The summed E-state index contributed by atoms with van der Waals surface area (Å²) in [4.78, 5) is 14.7. The van der Waals surface area contributed by atoms with E-state index in [1.807, 2.05) is 66.7 Å². The molecule has 0 aliphatic carbocycles. The van der Waals surface area contributed by atoms with Crippen LogP contribution in [-0.2, 0) is 17.8 Å². The largest absolute Gasteiger partial charge is 0.493 e. The number of rotatable bonds is 8. The van der Waals surface area contributed by atoms with Crippen molar-refractivity contribution in [3.8, 4) is 17.2 Å². The summed E-state index contributed by atoms with van der Waals surface area (Å²) in [5, 5.41) is 3.18. The van der Waals surface area contributed by atoms with Crippen LogP contribution in [0, 0.1) is 0 Å². The third kappa shape index (κ3) is 5.86. The number of methoxy groups -OCH3 is 1. The SMILES string of the molecule is COc1ccccc1Oc1cccc(CN2CCC(NC(=O)Cc3ccccc3)C2)c1. The summed E-state index contributed by atoms with van der Waals surface area (Å²) in [6.45, 7) is 2.65. The molecule has 4 rings (SSSR count). The summed E-state index contributed by atoms with van der Waals surface area (Å²) >= 11 is 0. The maximum Gasteiger partial charge on any atom is 0.224 e. The van der Waals surface area contributed by atoms with Gasteiger partial charge in [-0.25, -0.2) is 0 Å². The number of carbonyl (C=O) groups excluding carboxylic acids is 1. The molecule has 1 amide bonds. The van der Waals surface area contributed by atoms with Gasteiger partial charge in [0.25, 0.3) is 0 Å². The van der Waals surface area contributed by atoms with Gasteiger partial charge >= 0.3 is 0 Å². The number of benzene rings is 3. The van der Waals surface area contributed by atoms with Crippen molar-refractivity contribution in [3.63, 3.8) is 0 Å². The lowest BCUT2D eigenvalue weighted by molar-refractivity contribution is -0.121.